The van der Waals surface area contributed by atoms with Gasteiger partial charge in [0.2, 0.25) is 11.6 Å². The average molecular weight is 1750 g/mol. The quantitative estimate of drug-likeness (QED) is 0.111. The summed E-state index contributed by atoms with van der Waals surface area (Å²) in [7, 11) is 0. The van der Waals surface area contributed by atoms with Crippen LogP contribution in [0.2, 0.25) is 0 Å². The zero-order valence-electron chi connectivity index (χ0n) is 81.7. The third kappa shape index (κ3) is 27.9. The molecule has 0 spiro atoms. The van der Waals surface area contributed by atoms with Gasteiger partial charge >= 0.3 is 0 Å². The number of carbonyl (C=O) groups excluding carboxylic acids is 4. The van der Waals surface area contributed by atoms with Crippen LogP contribution in [0.4, 0.5) is 17.1 Å². The van der Waals surface area contributed by atoms with Crippen molar-refractivity contribution in [2.45, 2.75) is 248 Å². The Morgan fingerprint density at radius 2 is 0.708 bits per heavy atom. The van der Waals surface area contributed by atoms with Crippen molar-refractivity contribution in [2.24, 2.45) is 32.5 Å². The summed E-state index contributed by atoms with van der Waals surface area (Å²) in [5.41, 5.74) is 22.5. The molecule has 4 amide bonds. The highest BCUT2D eigenvalue weighted by Gasteiger charge is 2.40. The van der Waals surface area contributed by atoms with E-state index in [1.54, 1.807) is 0 Å². The van der Waals surface area contributed by atoms with Crippen molar-refractivity contribution in [1.82, 2.24) is 4.90 Å². The van der Waals surface area contributed by atoms with Crippen LogP contribution in [-0.4, -0.2) is 66.3 Å². The van der Waals surface area contributed by atoms with E-state index in [1.165, 1.54) is 66.8 Å². The van der Waals surface area contributed by atoms with Crippen molar-refractivity contribution < 1.29 is 42.9 Å². The highest BCUT2D eigenvalue weighted by molar-refractivity contribution is 6.09. The van der Waals surface area contributed by atoms with E-state index in [4.69, 9.17) is 23.7 Å². The summed E-state index contributed by atoms with van der Waals surface area (Å²) in [6.07, 6.45) is 10.7. The van der Waals surface area contributed by atoms with Gasteiger partial charge in [0.1, 0.15) is 12.4 Å². The van der Waals surface area contributed by atoms with E-state index in [1.807, 2.05) is 174 Å². The second kappa shape index (κ2) is 41.2. The maximum Gasteiger partial charge on any atom is 0.258 e. The van der Waals surface area contributed by atoms with Crippen LogP contribution in [0.5, 0.6) is 28.7 Å². The molecule has 0 saturated carbocycles. The lowest BCUT2D eigenvalue weighted by molar-refractivity contribution is -0.0680. The van der Waals surface area contributed by atoms with E-state index < -0.39 is 11.6 Å². The van der Waals surface area contributed by atoms with Gasteiger partial charge < -0.3 is 43.3 Å². The molecule has 6 heterocycles. The first-order valence-electron chi connectivity index (χ1n) is 46.9. The molecule has 11 aromatic rings. The Hall–Kier alpha value is -11.7. The Labute approximate surface area is 777 Å². The molecule has 1 unspecified atom stereocenters. The zero-order valence-corrected chi connectivity index (χ0v) is 81.7. The molecule has 13 heteroatoms. The number of amides is 4. The maximum atomic E-state index is 13.1. The third-order valence-electron chi connectivity index (χ3n) is 23.1. The molecule has 130 heavy (non-hydrogen) atoms. The Kier molecular flexibility index (Phi) is 30.8. The number of aryl methyl sites for hydroxylation is 3. The van der Waals surface area contributed by atoms with Crippen LogP contribution in [0.3, 0.4) is 0 Å². The number of rotatable bonds is 13. The largest absolute Gasteiger partial charge is 0.490 e. The Balaban J connectivity index is 0.000000142. The van der Waals surface area contributed by atoms with Crippen LogP contribution in [0.1, 0.15) is 266 Å². The fourth-order valence-electron chi connectivity index (χ4n) is 17.8. The highest BCUT2D eigenvalue weighted by atomic mass is 16.7. The zero-order chi connectivity index (χ0) is 93.7. The fraction of sp³-hybridized carbons (Fsp3) is 0.402. The molecule has 0 N–H and O–H groups in total. The lowest BCUT2D eigenvalue weighted by Crippen LogP contribution is -2.37. The standard InChI is InChI=1S/C22H27NO.C21H26O2.C20H23NO2.2C20H23NO.C14H20O2/c1-16-10-11-20-18(13-16)9-6-12-23(20)21(24)19-8-5-7-17(14-19)15-22(2,3)4;1-20(2,3)15-17-11-8-12-18-19(17)23-21(4,22-18)14-13-16-9-6-5-7-10-16;1-20(2,3)14-15-7-6-8-16(13-15)19(22)21-11-12-23-18-10-5-4-9-17(18)21;1-20(2,3)14-15-7-6-9-17(13-15)19(22)21-12-11-16-8-4-5-10-18(16)21;1-20(2,3)12-15-7-6-10-16(11-15)19(22)21-13-17-8-4-5-9-18(17)14-21;1-13(2,3)9-10-7-6-8-11-12(10)16-14(4,5)15-11/h5,7-8,10-11,13-14H,6,9,12,15H2,1-4H3;5-12H,13-15H2,1-4H3;4-10,13H,11-12,14H2,1-3H3;4-10,13H,11-12,14H2,1-3H3;4-11H,12-14H2,1-3H3;6-8H,9H2,1-5H3. The second-order valence-electron chi connectivity index (χ2n) is 43.9. The van der Waals surface area contributed by atoms with E-state index in [-0.39, 0.29) is 56.1 Å². The van der Waals surface area contributed by atoms with Crippen LogP contribution in [0, 0.1) is 39.4 Å². The number of hydrogen-bond donors (Lipinski definition) is 0. The van der Waals surface area contributed by atoms with Crippen molar-refractivity contribution in [2.75, 3.05) is 40.9 Å². The van der Waals surface area contributed by atoms with E-state index in [0.29, 0.717) is 13.2 Å². The minimum absolute atomic E-state index is 0.0384. The predicted molar refractivity (Wildman–Crippen MR) is 534 cm³/mol. The van der Waals surface area contributed by atoms with Crippen LogP contribution < -0.4 is 38.4 Å². The van der Waals surface area contributed by atoms with Gasteiger partial charge in [-0.3, -0.25) is 19.2 Å². The van der Waals surface area contributed by atoms with Gasteiger partial charge in [0.25, 0.3) is 23.6 Å². The smallest absolute Gasteiger partial charge is 0.258 e. The number of nitrogens with zero attached hydrogens (tertiary/aromatic N) is 4. The number of carbonyl (C=O) groups is 4. The fourth-order valence-corrected chi connectivity index (χ4v) is 17.8. The van der Waals surface area contributed by atoms with Gasteiger partial charge in [-0.2, -0.15) is 0 Å². The van der Waals surface area contributed by atoms with E-state index in [9.17, 15) is 19.2 Å². The van der Waals surface area contributed by atoms with Gasteiger partial charge in [-0.15, -0.1) is 0 Å². The van der Waals surface area contributed by atoms with Crippen molar-refractivity contribution in [3.63, 3.8) is 0 Å². The summed E-state index contributed by atoms with van der Waals surface area (Å²) in [5.74, 6) is 3.66. The SMILES string of the molecule is CC(C)(C)Cc1cccc(C(=O)N2CCOc3ccccc32)c1.CC(C)(C)Cc1cccc(C(=O)N2CCc3ccccc32)c1.CC(C)(C)Cc1cccc(C(=O)N2Cc3ccccc3C2)c1.CC(C)(C)Cc1cccc2c1OC(C)(C)O2.CC(C)(C)Cc1cccc2c1OC(C)(CCc1ccccc1)O2.Cc1ccc2c(c1)CCCN2C(=O)c1cccc(CC(C)(C)C)c1. The summed E-state index contributed by atoms with van der Waals surface area (Å²) in [6, 6.07) is 85.7. The summed E-state index contributed by atoms with van der Waals surface area (Å²) in [4.78, 5) is 59.3. The number of para-hydroxylation sites is 5. The molecule has 6 aliphatic rings. The predicted octanol–water partition coefficient (Wildman–Crippen LogP) is 27.6. The molecule has 17 rings (SSSR count). The lowest BCUT2D eigenvalue weighted by atomic mass is 9.87. The molecule has 0 fully saturated rings. The molecule has 0 aromatic heterocycles. The molecular weight excluding hydrogens is 1610 g/mol. The van der Waals surface area contributed by atoms with Gasteiger partial charge in [-0.25, -0.2) is 0 Å². The van der Waals surface area contributed by atoms with Crippen LogP contribution in [-0.2, 0) is 70.9 Å². The molecule has 13 nitrogen and oxygen atoms in total. The molecule has 0 bridgehead atoms. The van der Waals surface area contributed by atoms with Crippen LogP contribution >= 0.6 is 0 Å². The number of fused-ring (bicyclic) bond motifs is 6. The first kappa shape index (κ1) is 97.4. The normalized spacial score (nSPS) is 15.6. The van der Waals surface area contributed by atoms with Gasteiger partial charge in [0.05, 0.1) is 12.2 Å². The number of ether oxygens (including phenoxy) is 5. The molecule has 0 saturated heterocycles. The number of anilines is 3. The van der Waals surface area contributed by atoms with Gasteiger partial charge in [0.15, 0.2) is 23.0 Å². The first-order valence-corrected chi connectivity index (χ1v) is 46.9. The van der Waals surface area contributed by atoms with Crippen molar-refractivity contribution in [3.8, 4) is 28.7 Å². The average Bonchev–Trinajstić information content (AvgIpc) is 0.935. The van der Waals surface area contributed by atoms with Gasteiger partial charge in [0, 0.05) is 87.0 Å². The minimum Gasteiger partial charge on any atom is -0.490 e. The van der Waals surface area contributed by atoms with Crippen molar-refractivity contribution in [3.05, 3.63) is 344 Å². The molecule has 0 aliphatic carbocycles. The number of benzene rings is 11. The maximum absolute atomic E-state index is 13.1. The summed E-state index contributed by atoms with van der Waals surface area (Å²) in [6.45, 7) is 52.2. The Morgan fingerprint density at radius 1 is 0.323 bits per heavy atom. The number of hydrogen-bond acceptors (Lipinski definition) is 9. The second-order valence-corrected chi connectivity index (χ2v) is 43.9. The van der Waals surface area contributed by atoms with E-state index in [0.717, 1.165) is 165 Å². The monoisotopic (exact) mass is 1750 g/mol. The molecule has 6 aliphatic heterocycles. The molecule has 684 valence electrons. The third-order valence-corrected chi connectivity index (χ3v) is 23.1. The molecule has 0 radical (unpaired) electrons. The molecule has 1 atom stereocenters. The van der Waals surface area contributed by atoms with Gasteiger partial charge in [-0.05, 0) is 250 Å². The Bertz CT molecular complexity index is 5720. The lowest BCUT2D eigenvalue weighted by Gasteiger charge is -2.30. The van der Waals surface area contributed by atoms with Crippen LogP contribution in [0.25, 0.3) is 0 Å². The van der Waals surface area contributed by atoms with E-state index in [2.05, 4.69) is 253 Å². The summed E-state index contributed by atoms with van der Waals surface area (Å²) < 4.78 is 29.6. The van der Waals surface area contributed by atoms with Crippen molar-refractivity contribution >= 4 is 40.7 Å². The summed E-state index contributed by atoms with van der Waals surface area (Å²) >= 11 is 0. The van der Waals surface area contributed by atoms with Crippen molar-refractivity contribution in [1.29, 1.82) is 0 Å². The summed E-state index contributed by atoms with van der Waals surface area (Å²) in [5, 5.41) is 0. The topological polar surface area (TPSA) is 127 Å². The molecule has 11 aromatic carbocycles. The van der Waals surface area contributed by atoms with Crippen LogP contribution in [0.15, 0.2) is 255 Å². The Morgan fingerprint density at radius 3 is 1.19 bits per heavy atom. The van der Waals surface area contributed by atoms with Gasteiger partial charge in [-0.1, -0.05) is 300 Å². The highest BCUT2D eigenvalue weighted by Crippen LogP contribution is 2.47. The van der Waals surface area contributed by atoms with E-state index >= 15 is 0 Å². The first-order chi connectivity index (χ1) is 61.2. The molecular formula is C117H142N4O9. The minimum atomic E-state index is -0.577.